The number of hydrogen-bond donors (Lipinski definition) is 0. The molecule has 3 heterocycles. The summed E-state index contributed by atoms with van der Waals surface area (Å²) in [6.07, 6.45) is 0. The first-order chi connectivity index (χ1) is 9.93. The quantitative estimate of drug-likeness (QED) is 0.672. The van der Waals surface area contributed by atoms with Gasteiger partial charge in [0.2, 0.25) is 0 Å². The third kappa shape index (κ3) is 1.82. The molecule has 0 atom stereocenters. The second-order valence-electron chi connectivity index (χ2n) is 4.86. The minimum Gasteiger partial charge on any atom is -0.337 e. The smallest absolute Gasteiger partial charge is 0.0884 e. The number of aliphatic imine (C=N–C) groups is 1. The van der Waals surface area contributed by atoms with E-state index < -0.39 is 0 Å². The first-order valence-electron chi connectivity index (χ1n) is 6.76. The van der Waals surface area contributed by atoms with Crippen LogP contribution in [0.25, 0.3) is 11.3 Å². The van der Waals surface area contributed by atoms with Gasteiger partial charge < -0.3 is 4.57 Å². The van der Waals surface area contributed by atoms with Gasteiger partial charge in [0.1, 0.15) is 0 Å². The van der Waals surface area contributed by atoms with Crippen LogP contribution in [0, 0.1) is 0 Å². The second-order valence-corrected chi connectivity index (χ2v) is 5.64. The molecule has 20 heavy (non-hydrogen) atoms. The number of rotatable bonds is 2. The van der Waals surface area contributed by atoms with Gasteiger partial charge in [-0.1, -0.05) is 30.3 Å². The van der Waals surface area contributed by atoms with Crippen LogP contribution in [-0.4, -0.2) is 16.8 Å². The van der Waals surface area contributed by atoms with Crippen molar-refractivity contribution in [1.82, 2.24) is 4.57 Å². The standard InChI is InChI=1S/C17H14N2S/c1-2-4-13(5-3-1)17-16-7-6-15(14-8-11-20-12-14)19(16)10-9-18-17/h1-8,11-12H,9-10H2. The number of aromatic nitrogens is 1. The summed E-state index contributed by atoms with van der Waals surface area (Å²) < 4.78 is 2.39. The van der Waals surface area contributed by atoms with Crippen LogP contribution < -0.4 is 0 Å². The highest BCUT2D eigenvalue weighted by atomic mass is 32.1. The van der Waals surface area contributed by atoms with E-state index in [1.54, 1.807) is 11.3 Å². The molecule has 3 aromatic rings. The predicted octanol–water partition coefficient (Wildman–Crippen LogP) is 4.07. The molecule has 1 aliphatic heterocycles. The molecule has 0 saturated carbocycles. The van der Waals surface area contributed by atoms with Crippen molar-refractivity contribution < 1.29 is 0 Å². The topological polar surface area (TPSA) is 17.3 Å². The Morgan fingerprint density at radius 1 is 0.900 bits per heavy atom. The maximum atomic E-state index is 4.73. The highest BCUT2D eigenvalue weighted by molar-refractivity contribution is 7.08. The molecular formula is C17H14N2S. The van der Waals surface area contributed by atoms with Gasteiger partial charge in [-0.25, -0.2) is 0 Å². The van der Waals surface area contributed by atoms with E-state index in [2.05, 4.69) is 57.8 Å². The van der Waals surface area contributed by atoms with Crippen LogP contribution in [0.1, 0.15) is 11.3 Å². The SMILES string of the molecule is c1ccc(C2=NCCn3c2ccc3-c2ccsc2)cc1. The Morgan fingerprint density at radius 2 is 1.75 bits per heavy atom. The molecule has 0 N–H and O–H groups in total. The van der Waals surface area contributed by atoms with Gasteiger partial charge in [-0.15, -0.1) is 0 Å². The molecule has 0 radical (unpaired) electrons. The lowest BCUT2D eigenvalue weighted by molar-refractivity contribution is 0.697. The zero-order valence-corrected chi connectivity index (χ0v) is 11.8. The average Bonchev–Trinajstić information content (AvgIpc) is 3.16. The lowest BCUT2D eigenvalue weighted by atomic mass is 10.1. The predicted molar refractivity (Wildman–Crippen MR) is 84.7 cm³/mol. The number of fused-ring (bicyclic) bond motifs is 1. The molecular weight excluding hydrogens is 264 g/mol. The molecule has 0 unspecified atom stereocenters. The summed E-state index contributed by atoms with van der Waals surface area (Å²) in [6.45, 7) is 1.81. The first kappa shape index (κ1) is 11.7. The van der Waals surface area contributed by atoms with Crippen molar-refractivity contribution in [2.45, 2.75) is 6.54 Å². The molecule has 2 aromatic heterocycles. The van der Waals surface area contributed by atoms with E-state index in [0.717, 1.165) is 18.8 Å². The molecule has 2 nitrogen and oxygen atoms in total. The highest BCUT2D eigenvalue weighted by Crippen LogP contribution is 2.27. The van der Waals surface area contributed by atoms with Crippen molar-refractivity contribution in [3.63, 3.8) is 0 Å². The van der Waals surface area contributed by atoms with Crippen LogP contribution in [0.15, 0.2) is 64.3 Å². The van der Waals surface area contributed by atoms with Crippen LogP contribution in [0.5, 0.6) is 0 Å². The fourth-order valence-corrected chi connectivity index (χ4v) is 3.41. The van der Waals surface area contributed by atoms with Gasteiger partial charge in [0.25, 0.3) is 0 Å². The fourth-order valence-electron chi connectivity index (χ4n) is 2.76. The molecule has 0 fully saturated rings. The number of hydrogen-bond acceptors (Lipinski definition) is 2. The zero-order chi connectivity index (χ0) is 13.4. The third-order valence-corrected chi connectivity index (χ3v) is 4.36. The molecule has 0 saturated heterocycles. The number of thiophene rings is 1. The summed E-state index contributed by atoms with van der Waals surface area (Å²) in [5.74, 6) is 0. The van der Waals surface area contributed by atoms with Crippen molar-refractivity contribution in [2.75, 3.05) is 6.54 Å². The molecule has 1 aromatic carbocycles. The second kappa shape index (κ2) is 4.76. The van der Waals surface area contributed by atoms with Gasteiger partial charge in [-0.2, -0.15) is 11.3 Å². The van der Waals surface area contributed by atoms with Crippen molar-refractivity contribution in [2.24, 2.45) is 4.99 Å². The van der Waals surface area contributed by atoms with Gasteiger partial charge in [-0.05, 0) is 23.6 Å². The Morgan fingerprint density at radius 3 is 2.55 bits per heavy atom. The Hall–Kier alpha value is -2.13. The lowest BCUT2D eigenvalue weighted by Crippen LogP contribution is -2.19. The normalized spacial score (nSPS) is 13.9. The summed E-state index contributed by atoms with van der Waals surface area (Å²) in [4.78, 5) is 4.73. The van der Waals surface area contributed by atoms with Crippen molar-refractivity contribution in [3.8, 4) is 11.3 Å². The Bertz CT molecular complexity index is 752. The molecule has 0 spiro atoms. The number of benzene rings is 1. The summed E-state index contributed by atoms with van der Waals surface area (Å²) in [5.41, 5.74) is 6.13. The summed E-state index contributed by atoms with van der Waals surface area (Å²) in [7, 11) is 0. The average molecular weight is 278 g/mol. The third-order valence-electron chi connectivity index (χ3n) is 3.68. The number of nitrogens with zero attached hydrogens (tertiary/aromatic N) is 2. The van der Waals surface area contributed by atoms with Gasteiger partial charge in [0.15, 0.2) is 0 Å². The molecule has 4 rings (SSSR count). The Labute approximate surface area is 122 Å². The van der Waals surface area contributed by atoms with Gasteiger partial charge in [0, 0.05) is 28.7 Å². The maximum absolute atomic E-state index is 4.73. The largest absolute Gasteiger partial charge is 0.337 e. The van der Waals surface area contributed by atoms with Crippen LogP contribution in [0.2, 0.25) is 0 Å². The highest BCUT2D eigenvalue weighted by Gasteiger charge is 2.18. The summed E-state index contributed by atoms with van der Waals surface area (Å²) in [5, 5.41) is 4.33. The van der Waals surface area contributed by atoms with E-state index in [-0.39, 0.29) is 0 Å². The van der Waals surface area contributed by atoms with E-state index >= 15 is 0 Å². The van der Waals surface area contributed by atoms with Crippen LogP contribution >= 0.6 is 11.3 Å². The fraction of sp³-hybridized carbons (Fsp3) is 0.118. The van der Waals surface area contributed by atoms with Gasteiger partial charge >= 0.3 is 0 Å². The molecule has 98 valence electrons. The molecule has 3 heteroatoms. The molecule has 0 amide bonds. The van der Waals surface area contributed by atoms with Crippen molar-refractivity contribution >= 4 is 17.0 Å². The van der Waals surface area contributed by atoms with E-state index in [9.17, 15) is 0 Å². The lowest BCUT2D eigenvalue weighted by Gasteiger charge is -2.18. The van der Waals surface area contributed by atoms with E-state index in [0.29, 0.717) is 0 Å². The Kier molecular flexibility index (Phi) is 2.78. The first-order valence-corrected chi connectivity index (χ1v) is 7.70. The van der Waals surface area contributed by atoms with E-state index in [1.165, 1.54) is 22.5 Å². The van der Waals surface area contributed by atoms with Crippen molar-refractivity contribution in [3.05, 3.63) is 70.5 Å². The molecule has 0 bridgehead atoms. The van der Waals surface area contributed by atoms with E-state index in [4.69, 9.17) is 4.99 Å². The molecule has 0 aliphatic carbocycles. The summed E-state index contributed by atoms with van der Waals surface area (Å²) in [6, 6.07) is 17.0. The maximum Gasteiger partial charge on any atom is 0.0884 e. The van der Waals surface area contributed by atoms with Crippen LogP contribution in [0.4, 0.5) is 0 Å². The zero-order valence-electron chi connectivity index (χ0n) is 11.0. The summed E-state index contributed by atoms with van der Waals surface area (Å²) >= 11 is 1.74. The van der Waals surface area contributed by atoms with E-state index in [1.807, 2.05) is 6.07 Å². The van der Waals surface area contributed by atoms with Gasteiger partial charge in [-0.3, -0.25) is 4.99 Å². The minimum atomic E-state index is 0.850. The van der Waals surface area contributed by atoms with Crippen LogP contribution in [0.3, 0.4) is 0 Å². The van der Waals surface area contributed by atoms with Crippen molar-refractivity contribution in [1.29, 1.82) is 0 Å². The monoisotopic (exact) mass is 278 g/mol. The Balaban J connectivity index is 1.84. The van der Waals surface area contributed by atoms with Gasteiger partial charge in [0.05, 0.1) is 18.0 Å². The molecule has 1 aliphatic rings. The minimum absolute atomic E-state index is 0.850. The van der Waals surface area contributed by atoms with Crippen LogP contribution in [-0.2, 0) is 6.54 Å².